The van der Waals surface area contributed by atoms with Gasteiger partial charge in [-0.3, -0.25) is 4.79 Å². The second-order valence-electron chi connectivity index (χ2n) is 4.28. The highest BCUT2D eigenvalue weighted by Gasteiger charge is 2.48. The van der Waals surface area contributed by atoms with Crippen molar-refractivity contribution in [2.75, 3.05) is 7.05 Å². The van der Waals surface area contributed by atoms with Crippen molar-refractivity contribution in [2.24, 2.45) is 11.8 Å². The normalized spacial score (nSPS) is 24.4. The highest BCUT2D eigenvalue weighted by Crippen LogP contribution is 2.47. The lowest BCUT2D eigenvalue weighted by Gasteiger charge is -2.17. The Hall–Kier alpha value is -1.49. The average molecular weight is 241 g/mol. The molecule has 0 aliphatic heterocycles. The lowest BCUT2D eigenvalue weighted by molar-refractivity contribution is -0.138. The van der Waals surface area contributed by atoms with Crippen LogP contribution in [0.15, 0.2) is 18.2 Å². The first kappa shape index (κ1) is 12.0. The molecule has 1 fully saturated rings. The quantitative estimate of drug-likeness (QED) is 0.847. The third kappa shape index (κ3) is 2.29. The Labute approximate surface area is 97.5 Å². The Morgan fingerprint density at radius 3 is 2.76 bits per heavy atom. The van der Waals surface area contributed by atoms with Crippen molar-refractivity contribution >= 4 is 5.97 Å². The Morgan fingerprint density at radius 2 is 2.24 bits per heavy atom. The summed E-state index contributed by atoms with van der Waals surface area (Å²) in [5.74, 6) is -2.55. The topological polar surface area (TPSA) is 49.3 Å². The van der Waals surface area contributed by atoms with Crippen LogP contribution >= 0.6 is 0 Å². The highest BCUT2D eigenvalue weighted by molar-refractivity contribution is 5.73. The monoisotopic (exact) mass is 241 g/mol. The molecule has 0 heterocycles. The lowest BCUT2D eigenvalue weighted by Crippen LogP contribution is -2.21. The van der Waals surface area contributed by atoms with E-state index in [0.29, 0.717) is 6.42 Å². The minimum Gasteiger partial charge on any atom is -0.481 e. The van der Waals surface area contributed by atoms with Crippen LogP contribution in [0.3, 0.4) is 0 Å². The van der Waals surface area contributed by atoms with Crippen LogP contribution in [-0.4, -0.2) is 18.1 Å². The number of hydrogen-bond acceptors (Lipinski definition) is 2. The molecular formula is C12H13F2NO2. The molecule has 0 bridgehead atoms. The van der Waals surface area contributed by atoms with E-state index in [9.17, 15) is 13.6 Å². The number of carbonyl (C=O) groups is 1. The third-order valence-corrected chi connectivity index (χ3v) is 3.19. The molecular weight excluding hydrogens is 228 g/mol. The van der Waals surface area contributed by atoms with Gasteiger partial charge in [0.05, 0.1) is 5.92 Å². The summed E-state index contributed by atoms with van der Waals surface area (Å²) >= 11 is 0. The van der Waals surface area contributed by atoms with E-state index in [0.717, 1.165) is 18.2 Å². The lowest BCUT2D eigenvalue weighted by atomic mass is 10.0. The zero-order chi connectivity index (χ0) is 12.6. The van der Waals surface area contributed by atoms with Gasteiger partial charge in [0.25, 0.3) is 0 Å². The smallest absolute Gasteiger partial charge is 0.306 e. The fourth-order valence-electron chi connectivity index (χ4n) is 2.22. The Kier molecular flexibility index (Phi) is 3.11. The summed E-state index contributed by atoms with van der Waals surface area (Å²) in [4.78, 5) is 10.8. The number of hydrogen-bond donors (Lipinski definition) is 2. The zero-order valence-electron chi connectivity index (χ0n) is 9.28. The number of rotatable bonds is 4. The summed E-state index contributed by atoms with van der Waals surface area (Å²) in [6.45, 7) is 0. The molecule has 2 rings (SSSR count). The standard InChI is InChI=1S/C12H13F2NO2/c1-15-11(7-5-8(7)12(16)17)9-4-6(13)2-3-10(9)14/h2-4,7-8,11,15H,5H2,1H3,(H,16,17). The van der Waals surface area contributed by atoms with E-state index in [1.165, 1.54) is 0 Å². The van der Waals surface area contributed by atoms with E-state index in [4.69, 9.17) is 5.11 Å². The molecule has 0 aromatic heterocycles. The van der Waals surface area contributed by atoms with Crippen molar-refractivity contribution in [3.05, 3.63) is 35.4 Å². The number of halogens is 2. The molecule has 1 aliphatic rings. The molecule has 17 heavy (non-hydrogen) atoms. The van der Waals surface area contributed by atoms with Gasteiger partial charge in [0.15, 0.2) is 0 Å². The van der Waals surface area contributed by atoms with Crippen LogP contribution < -0.4 is 5.32 Å². The maximum Gasteiger partial charge on any atom is 0.306 e. The van der Waals surface area contributed by atoms with E-state index in [1.807, 2.05) is 0 Å². The summed E-state index contributed by atoms with van der Waals surface area (Å²) in [6, 6.07) is 2.78. The SMILES string of the molecule is CNC(c1cc(F)ccc1F)C1CC1C(=O)O. The van der Waals surface area contributed by atoms with Gasteiger partial charge in [-0.25, -0.2) is 8.78 Å². The van der Waals surface area contributed by atoms with E-state index in [1.54, 1.807) is 7.05 Å². The molecule has 1 aliphatic carbocycles. The van der Waals surface area contributed by atoms with Gasteiger partial charge in [-0.2, -0.15) is 0 Å². The van der Waals surface area contributed by atoms with Gasteiger partial charge in [-0.15, -0.1) is 0 Å². The van der Waals surface area contributed by atoms with E-state index < -0.39 is 29.6 Å². The van der Waals surface area contributed by atoms with Gasteiger partial charge in [-0.05, 0) is 37.6 Å². The molecule has 3 nitrogen and oxygen atoms in total. The van der Waals surface area contributed by atoms with E-state index >= 15 is 0 Å². The van der Waals surface area contributed by atoms with Crippen LogP contribution in [-0.2, 0) is 4.79 Å². The summed E-state index contributed by atoms with van der Waals surface area (Å²) in [5, 5.41) is 11.7. The number of nitrogens with one attached hydrogen (secondary N) is 1. The Balaban J connectivity index is 2.24. The molecule has 92 valence electrons. The predicted molar refractivity (Wildman–Crippen MR) is 57.4 cm³/mol. The number of carboxylic acids is 1. The van der Waals surface area contributed by atoms with Gasteiger partial charge in [0.2, 0.25) is 0 Å². The van der Waals surface area contributed by atoms with Crippen LogP contribution in [0.2, 0.25) is 0 Å². The van der Waals surface area contributed by atoms with Gasteiger partial charge in [0, 0.05) is 11.6 Å². The summed E-state index contributed by atoms with van der Waals surface area (Å²) < 4.78 is 26.6. The molecule has 5 heteroatoms. The second-order valence-corrected chi connectivity index (χ2v) is 4.28. The number of benzene rings is 1. The van der Waals surface area contributed by atoms with Crippen LogP contribution in [0.4, 0.5) is 8.78 Å². The van der Waals surface area contributed by atoms with E-state index in [2.05, 4.69) is 5.32 Å². The second kappa shape index (κ2) is 4.41. The van der Waals surface area contributed by atoms with E-state index in [-0.39, 0.29) is 11.5 Å². The molecule has 1 saturated carbocycles. The first-order valence-corrected chi connectivity index (χ1v) is 5.39. The van der Waals surface area contributed by atoms with Gasteiger partial charge in [0.1, 0.15) is 11.6 Å². The number of carboxylic acid groups (broad SMARTS) is 1. The minimum atomic E-state index is -0.882. The van der Waals surface area contributed by atoms with Crippen molar-refractivity contribution in [1.29, 1.82) is 0 Å². The zero-order valence-corrected chi connectivity index (χ0v) is 9.28. The maximum absolute atomic E-state index is 13.6. The molecule has 3 atom stereocenters. The molecule has 0 saturated heterocycles. The average Bonchev–Trinajstić information content (AvgIpc) is 3.04. The van der Waals surface area contributed by atoms with Crippen LogP contribution in [0.1, 0.15) is 18.0 Å². The van der Waals surface area contributed by atoms with Crippen molar-refractivity contribution in [2.45, 2.75) is 12.5 Å². The van der Waals surface area contributed by atoms with Crippen molar-refractivity contribution in [1.82, 2.24) is 5.32 Å². The third-order valence-electron chi connectivity index (χ3n) is 3.19. The molecule has 1 aromatic carbocycles. The molecule has 3 unspecified atom stereocenters. The van der Waals surface area contributed by atoms with Gasteiger partial charge >= 0.3 is 5.97 Å². The Morgan fingerprint density at radius 1 is 1.53 bits per heavy atom. The highest BCUT2D eigenvalue weighted by atomic mass is 19.1. The molecule has 0 radical (unpaired) electrons. The predicted octanol–water partition coefficient (Wildman–Crippen LogP) is 1.95. The van der Waals surface area contributed by atoms with Gasteiger partial charge in [-0.1, -0.05) is 0 Å². The van der Waals surface area contributed by atoms with Crippen molar-refractivity contribution in [3.63, 3.8) is 0 Å². The maximum atomic E-state index is 13.6. The first-order chi connectivity index (χ1) is 8.04. The van der Waals surface area contributed by atoms with Crippen LogP contribution in [0, 0.1) is 23.5 Å². The fraction of sp³-hybridized carbons (Fsp3) is 0.417. The molecule has 0 amide bonds. The van der Waals surface area contributed by atoms with Crippen molar-refractivity contribution in [3.8, 4) is 0 Å². The van der Waals surface area contributed by atoms with Crippen molar-refractivity contribution < 1.29 is 18.7 Å². The van der Waals surface area contributed by atoms with Crippen LogP contribution in [0.25, 0.3) is 0 Å². The largest absolute Gasteiger partial charge is 0.481 e. The molecule has 0 spiro atoms. The first-order valence-electron chi connectivity index (χ1n) is 5.39. The molecule has 2 N–H and O–H groups in total. The number of aliphatic carboxylic acids is 1. The summed E-state index contributed by atoms with van der Waals surface area (Å²) in [5.41, 5.74) is 0.196. The minimum absolute atomic E-state index is 0.172. The summed E-state index contributed by atoms with van der Waals surface area (Å²) in [7, 11) is 1.62. The fourth-order valence-corrected chi connectivity index (χ4v) is 2.22. The van der Waals surface area contributed by atoms with Gasteiger partial charge < -0.3 is 10.4 Å². The van der Waals surface area contributed by atoms with Crippen LogP contribution in [0.5, 0.6) is 0 Å². The molecule has 1 aromatic rings. The summed E-state index contributed by atoms with van der Waals surface area (Å²) in [6.07, 6.45) is 0.497. The Bertz CT molecular complexity index is 450.